The highest BCUT2D eigenvalue weighted by Crippen LogP contribution is 2.42. The smallest absolute Gasteiger partial charge is 0.364 e. The molecule has 0 radical (unpaired) electrons. The second-order valence-corrected chi connectivity index (χ2v) is 33.4. The number of aliphatic carboxylic acids is 1. The van der Waals surface area contributed by atoms with Crippen LogP contribution in [-0.4, -0.2) is 396 Å². The minimum absolute atomic E-state index is 0.0823. The monoisotopic (exact) mass is 1760 g/mol. The number of rotatable bonds is 60. The van der Waals surface area contributed by atoms with Gasteiger partial charge in [0.25, 0.3) is 5.79 Å². The minimum Gasteiger partial charge on any atom is -0.477 e. The molecule has 0 aromatic heterocycles. The highest BCUT2D eigenvalue weighted by Gasteiger charge is 2.63. The molecule has 6 fully saturated rings. The zero-order valence-electron chi connectivity index (χ0n) is 70.3. The average Bonchev–Trinajstić information content (AvgIpc) is 1.29. The molecular formula is C81H148N2O38. The maximum absolute atomic E-state index is 14.0. The molecular weight excluding hydrogens is 1610 g/mol. The molecule has 35 unspecified atom stereocenters. The third-order valence-corrected chi connectivity index (χ3v) is 23.8. The first-order chi connectivity index (χ1) is 57.9. The van der Waals surface area contributed by atoms with E-state index < -0.39 is 285 Å². The van der Waals surface area contributed by atoms with Gasteiger partial charge < -0.3 is 185 Å². The molecule has 35 atom stereocenters. The number of unbranched alkanes of at least 4 members (excludes halogenated alkanes) is 28. The SMILES string of the molecule is CCCCCCCCCCCCCCCCCCCCCCC(O)C(=O)NC(COC1OC(CO)C(OC2OC(CO)C(OC3(C(=O)O)CC(OC4OC(CO)C(O)C(OC5OC(CO)C(O)C(OC6OC(C(O)CO)C(O)C6O)C5O)C4O)C(NC(C)=O)C(C(O)C(O)CO)O3)C(O)C2O)C(O)C1O)C(O)C(O)CCCCCCCCCCCC. The molecule has 710 valence electrons. The Morgan fingerprint density at radius 3 is 1.25 bits per heavy atom. The second kappa shape index (κ2) is 55.8. The first kappa shape index (κ1) is 107. The van der Waals surface area contributed by atoms with Gasteiger partial charge in [-0.1, -0.05) is 206 Å². The first-order valence-electron chi connectivity index (χ1n) is 44.1. The second-order valence-electron chi connectivity index (χ2n) is 33.4. The van der Waals surface area contributed by atoms with Crippen molar-refractivity contribution >= 4 is 17.8 Å². The molecule has 40 heteroatoms. The molecule has 121 heavy (non-hydrogen) atoms. The number of aliphatic hydroxyl groups is 22. The van der Waals surface area contributed by atoms with E-state index in [1.54, 1.807) is 0 Å². The number of aliphatic hydroxyl groups excluding tert-OH is 22. The molecule has 0 spiro atoms. The van der Waals surface area contributed by atoms with E-state index in [0.717, 1.165) is 84.0 Å². The van der Waals surface area contributed by atoms with E-state index in [2.05, 4.69) is 24.5 Å². The van der Waals surface area contributed by atoms with Crippen LogP contribution in [0.25, 0.3) is 0 Å². The Labute approximate surface area is 707 Å². The summed E-state index contributed by atoms with van der Waals surface area (Å²) in [6.45, 7) is -2.22. The van der Waals surface area contributed by atoms with Gasteiger partial charge in [0.1, 0.15) is 153 Å². The summed E-state index contributed by atoms with van der Waals surface area (Å²) in [6, 6.07) is -3.43. The summed E-state index contributed by atoms with van der Waals surface area (Å²) in [5.74, 6) is -7.52. The summed E-state index contributed by atoms with van der Waals surface area (Å²) in [4.78, 5) is 40.7. The van der Waals surface area contributed by atoms with Crippen molar-refractivity contribution in [1.82, 2.24) is 10.6 Å². The lowest BCUT2D eigenvalue weighted by Gasteiger charge is -2.52. The molecule has 0 saturated carbocycles. The van der Waals surface area contributed by atoms with E-state index in [-0.39, 0.29) is 12.8 Å². The summed E-state index contributed by atoms with van der Waals surface area (Å²) in [7, 11) is 0. The molecule has 2 amide bonds. The molecule has 6 rings (SSSR count). The molecule has 6 heterocycles. The quantitative estimate of drug-likeness (QED) is 0.0261. The van der Waals surface area contributed by atoms with Crippen LogP contribution in [0, 0.1) is 0 Å². The molecule has 0 aromatic carbocycles. The normalized spacial score (nSPS) is 35.9. The van der Waals surface area contributed by atoms with Crippen molar-refractivity contribution in [3.63, 3.8) is 0 Å². The van der Waals surface area contributed by atoms with Gasteiger partial charge in [0.2, 0.25) is 11.8 Å². The van der Waals surface area contributed by atoms with Gasteiger partial charge in [-0.3, -0.25) is 9.59 Å². The van der Waals surface area contributed by atoms with Crippen molar-refractivity contribution in [2.45, 2.75) is 447 Å². The number of hydrogen-bond donors (Lipinski definition) is 25. The topological polar surface area (TPSA) is 651 Å². The lowest BCUT2D eigenvalue weighted by molar-refractivity contribution is -0.395. The highest BCUT2D eigenvalue weighted by molar-refractivity contribution is 5.80. The van der Waals surface area contributed by atoms with Crippen molar-refractivity contribution in [3.05, 3.63) is 0 Å². The summed E-state index contributed by atoms with van der Waals surface area (Å²) in [6.07, 6.45) is -33.7. The largest absolute Gasteiger partial charge is 0.477 e. The van der Waals surface area contributed by atoms with Gasteiger partial charge in [0, 0.05) is 13.3 Å². The summed E-state index contributed by atoms with van der Waals surface area (Å²) in [5.41, 5.74) is 0. The molecule has 6 aliphatic heterocycles. The lowest BCUT2D eigenvalue weighted by Crippen LogP contribution is -2.72. The Bertz CT molecular complexity index is 2800. The highest BCUT2D eigenvalue weighted by atomic mass is 16.8. The standard InChI is InChI=1S/C81H148N2O38/c1-4-6-8-10-12-14-16-17-18-19-20-21-22-23-24-25-27-29-31-33-35-47(92)74(107)83-45(56(95)46(91)34-32-30-28-26-15-13-11-9-7-5-2)43-110-75-63(102)61(100)69(53(41-88)114-75)117-76-65(104)62(101)70(54(42-89)115-76)120-81(80(108)109)36-50(55(82-44(3)90)71(121-81)57(96)48(93)37-84)111-78-66(105)72(58(97)51(39-86)112-78)119-79-67(106)73(59(98)52(40-87)113-79)118-77-64(103)60(99)68(116-77)49(94)38-85/h45-73,75-79,84-89,91-106H,4-43H2,1-3H3,(H,82,90)(H,83,107)(H,108,109). The van der Waals surface area contributed by atoms with Crippen molar-refractivity contribution < 1.29 is 189 Å². The van der Waals surface area contributed by atoms with Gasteiger partial charge in [-0.25, -0.2) is 4.79 Å². The fourth-order valence-corrected chi connectivity index (χ4v) is 16.5. The van der Waals surface area contributed by atoms with E-state index in [1.165, 1.54) is 103 Å². The lowest BCUT2D eigenvalue weighted by atomic mass is 9.87. The number of hydrogen-bond acceptors (Lipinski definition) is 37. The number of ether oxygens (including phenoxy) is 12. The Morgan fingerprint density at radius 1 is 0.413 bits per heavy atom. The third-order valence-electron chi connectivity index (χ3n) is 23.8. The van der Waals surface area contributed by atoms with Crippen LogP contribution < -0.4 is 10.6 Å². The van der Waals surface area contributed by atoms with Gasteiger partial charge in [-0.15, -0.1) is 0 Å². The van der Waals surface area contributed by atoms with E-state index >= 15 is 0 Å². The summed E-state index contributed by atoms with van der Waals surface area (Å²) in [5, 5.41) is 260. The van der Waals surface area contributed by atoms with Crippen molar-refractivity contribution in [2.75, 3.05) is 46.2 Å². The fourth-order valence-electron chi connectivity index (χ4n) is 16.5. The van der Waals surface area contributed by atoms with Crippen LogP contribution in [0.1, 0.15) is 233 Å². The molecule has 25 N–H and O–H groups in total. The van der Waals surface area contributed by atoms with Gasteiger partial charge in [-0.2, -0.15) is 0 Å². The molecule has 40 nitrogen and oxygen atoms in total. The fraction of sp³-hybridized carbons (Fsp3) is 0.963. The molecule has 6 saturated heterocycles. The van der Waals surface area contributed by atoms with E-state index in [1.807, 2.05) is 0 Å². The number of nitrogens with one attached hydrogen (secondary N) is 2. The van der Waals surface area contributed by atoms with E-state index in [0.29, 0.717) is 12.8 Å². The number of carbonyl (C=O) groups excluding carboxylic acids is 2. The van der Waals surface area contributed by atoms with Crippen LogP contribution in [0.5, 0.6) is 0 Å². The van der Waals surface area contributed by atoms with Crippen LogP contribution in [0.4, 0.5) is 0 Å². The number of carboxylic acids is 1. The van der Waals surface area contributed by atoms with Crippen molar-refractivity contribution in [3.8, 4) is 0 Å². The Hall–Kier alpha value is -2.95. The van der Waals surface area contributed by atoms with Gasteiger partial charge in [0.15, 0.2) is 31.5 Å². The zero-order chi connectivity index (χ0) is 89.0. The van der Waals surface area contributed by atoms with Crippen molar-refractivity contribution in [2.24, 2.45) is 0 Å². The molecule has 0 bridgehead atoms. The Kier molecular flexibility index (Phi) is 49.3. The summed E-state index contributed by atoms with van der Waals surface area (Å²) >= 11 is 0. The Morgan fingerprint density at radius 2 is 0.802 bits per heavy atom. The minimum atomic E-state index is -3.44. The van der Waals surface area contributed by atoms with Crippen LogP contribution in [0.15, 0.2) is 0 Å². The predicted molar refractivity (Wildman–Crippen MR) is 421 cm³/mol. The number of amides is 2. The zero-order valence-corrected chi connectivity index (χ0v) is 70.3. The van der Waals surface area contributed by atoms with Crippen LogP contribution in [0.3, 0.4) is 0 Å². The molecule has 0 aliphatic carbocycles. The Balaban J connectivity index is 1.12. The van der Waals surface area contributed by atoms with Gasteiger partial charge in [-0.05, 0) is 12.8 Å². The maximum Gasteiger partial charge on any atom is 0.364 e. The number of carboxylic acid groups (broad SMARTS) is 1. The van der Waals surface area contributed by atoms with Crippen LogP contribution in [-0.2, 0) is 71.2 Å². The van der Waals surface area contributed by atoms with Crippen LogP contribution >= 0.6 is 0 Å². The van der Waals surface area contributed by atoms with Gasteiger partial charge in [0.05, 0.1) is 70.5 Å². The van der Waals surface area contributed by atoms with E-state index in [4.69, 9.17) is 56.8 Å². The maximum atomic E-state index is 14.0. The first-order valence-corrected chi connectivity index (χ1v) is 44.1. The molecule has 6 aliphatic rings. The van der Waals surface area contributed by atoms with Gasteiger partial charge >= 0.3 is 5.97 Å². The van der Waals surface area contributed by atoms with E-state index in [9.17, 15) is 132 Å². The third kappa shape index (κ3) is 31.7. The van der Waals surface area contributed by atoms with Crippen molar-refractivity contribution in [1.29, 1.82) is 0 Å². The average molecular weight is 1760 g/mol. The molecule has 0 aromatic rings. The predicted octanol–water partition coefficient (Wildman–Crippen LogP) is -3.64. The number of carbonyl (C=O) groups is 3. The summed E-state index contributed by atoms with van der Waals surface area (Å²) < 4.78 is 69.8. The van der Waals surface area contributed by atoms with Crippen LogP contribution in [0.2, 0.25) is 0 Å².